The molecule has 0 saturated carbocycles. The molecule has 4 rings (SSSR count). The Morgan fingerprint density at radius 3 is 3.04 bits per heavy atom. The fourth-order valence-electron chi connectivity index (χ4n) is 4.33. The fraction of sp³-hybridized carbons (Fsp3) is 0.579. The molecule has 2 fully saturated rings. The highest BCUT2D eigenvalue weighted by Gasteiger charge is 2.44. The van der Waals surface area contributed by atoms with E-state index in [0.29, 0.717) is 19.6 Å². The summed E-state index contributed by atoms with van der Waals surface area (Å²) in [6.45, 7) is 6.31. The molecule has 0 unspecified atom stereocenters. The van der Waals surface area contributed by atoms with Gasteiger partial charge >= 0.3 is 0 Å². The molecular formula is C19H25N3O2. The first-order chi connectivity index (χ1) is 11.6. The predicted octanol–water partition coefficient (Wildman–Crippen LogP) is 2.69. The quantitative estimate of drug-likeness (QED) is 0.919. The van der Waals surface area contributed by atoms with Gasteiger partial charge < -0.3 is 14.7 Å². The molecule has 0 aliphatic carbocycles. The van der Waals surface area contributed by atoms with Crippen molar-refractivity contribution < 1.29 is 9.84 Å². The second-order valence-electron chi connectivity index (χ2n) is 7.36. The number of nitrogens with zero attached hydrogens (tertiary/aromatic N) is 3. The minimum atomic E-state index is -0.677. The minimum absolute atomic E-state index is 0.114. The Balaban J connectivity index is 1.76. The molecule has 0 amide bonds. The molecule has 128 valence electrons. The van der Waals surface area contributed by atoms with Crippen LogP contribution in [0.15, 0.2) is 24.5 Å². The lowest BCUT2D eigenvalue weighted by Gasteiger charge is -2.43. The monoisotopic (exact) mass is 327 g/mol. The van der Waals surface area contributed by atoms with E-state index in [1.807, 2.05) is 19.1 Å². The third kappa shape index (κ3) is 2.56. The lowest BCUT2D eigenvalue weighted by Crippen LogP contribution is -2.52. The van der Waals surface area contributed by atoms with E-state index in [9.17, 15) is 5.11 Å². The molecule has 5 heteroatoms. The molecule has 5 nitrogen and oxygen atoms in total. The van der Waals surface area contributed by atoms with Crippen LogP contribution >= 0.6 is 0 Å². The van der Waals surface area contributed by atoms with E-state index in [1.165, 1.54) is 5.56 Å². The average Bonchev–Trinajstić information content (AvgIpc) is 3.03. The van der Waals surface area contributed by atoms with Gasteiger partial charge in [0.1, 0.15) is 12.1 Å². The number of anilines is 1. The number of hydrogen-bond acceptors (Lipinski definition) is 5. The molecule has 2 aromatic rings. The number of ether oxygens (including phenoxy) is 1. The van der Waals surface area contributed by atoms with Crippen LogP contribution in [0.2, 0.25) is 0 Å². The first-order valence-electron chi connectivity index (χ1n) is 8.85. The minimum Gasteiger partial charge on any atom is -0.390 e. The van der Waals surface area contributed by atoms with Crippen molar-refractivity contribution in [1.29, 1.82) is 0 Å². The summed E-state index contributed by atoms with van der Waals surface area (Å²) >= 11 is 0. The molecule has 2 aliphatic rings. The Kier molecular flexibility index (Phi) is 3.93. The van der Waals surface area contributed by atoms with Crippen LogP contribution in [0.4, 0.5) is 5.82 Å². The maximum absolute atomic E-state index is 10.9. The van der Waals surface area contributed by atoms with Gasteiger partial charge in [-0.15, -0.1) is 0 Å². The van der Waals surface area contributed by atoms with Crippen molar-refractivity contribution >= 4 is 16.7 Å². The van der Waals surface area contributed by atoms with E-state index in [0.717, 1.165) is 36.1 Å². The van der Waals surface area contributed by atoms with Crippen molar-refractivity contribution in [3.63, 3.8) is 0 Å². The van der Waals surface area contributed by atoms with Crippen LogP contribution in [-0.2, 0) is 4.74 Å². The zero-order valence-electron chi connectivity index (χ0n) is 14.4. The van der Waals surface area contributed by atoms with E-state index in [-0.39, 0.29) is 12.0 Å². The smallest absolute Gasteiger partial charge is 0.140 e. The fourth-order valence-corrected chi connectivity index (χ4v) is 4.33. The SMILES string of the molecule is Cc1cccc2ncnc(N3CCC[C@@H]3[C@@H]3COCC[C@]3(C)O)c12. The van der Waals surface area contributed by atoms with Crippen molar-refractivity contribution in [3.05, 3.63) is 30.1 Å². The third-order valence-electron chi connectivity index (χ3n) is 5.74. The molecular weight excluding hydrogens is 302 g/mol. The van der Waals surface area contributed by atoms with Crippen LogP contribution in [-0.4, -0.2) is 46.5 Å². The third-order valence-corrected chi connectivity index (χ3v) is 5.74. The normalized spacial score (nSPS) is 30.9. The zero-order chi connectivity index (χ0) is 16.7. The highest BCUT2D eigenvalue weighted by molar-refractivity contribution is 5.92. The van der Waals surface area contributed by atoms with Gasteiger partial charge in [0.2, 0.25) is 0 Å². The number of hydrogen-bond donors (Lipinski definition) is 1. The summed E-state index contributed by atoms with van der Waals surface area (Å²) in [5.41, 5.74) is 1.50. The lowest BCUT2D eigenvalue weighted by atomic mass is 9.79. The van der Waals surface area contributed by atoms with Gasteiger partial charge in [-0.25, -0.2) is 9.97 Å². The number of benzene rings is 1. The summed E-state index contributed by atoms with van der Waals surface area (Å²) < 4.78 is 5.71. The Labute approximate surface area is 142 Å². The Bertz CT molecular complexity index is 741. The van der Waals surface area contributed by atoms with Gasteiger partial charge in [-0.2, -0.15) is 0 Å². The van der Waals surface area contributed by atoms with Gasteiger partial charge in [0.05, 0.1) is 17.7 Å². The van der Waals surface area contributed by atoms with Crippen molar-refractivity contribution in [2.24, 2.45) is 5.92 Å². The van der Waals surface area contributed by atoms with E-state index in [2.05, 4.69) is 27.9 Å². The van der Waals surface area contributed by atoms with Gasteiger partial charge in [-0.05, 0) is 44.7 Å². The summed E-state index contributed by atoms with van der Waals surface area (Å²) in [6.07, 6.45) is 4.55. The average molecular weight is 327 g/mol. The summed E-state index contributed by atoms with van der Waals surface area (Å²) in [7, 11) is 0. The largest absolute Gasteiger partial charge is 0.390 e. The highest BCUT2D eigenvalue weighted by Crippen LogP contribution is 2.39. The van der Waals surface area contributed by atoms with Crippen LogP contribution in [0.25, 0.3) is 10.9 Å². The summed E-state index contributed by atoms with van der Waals surface area (Å²) in [5, 5.41) is 12.0. The van der Waals surface area contributed by atoms with E-state index >= 15 is 0 Å². The second-order valence-corrected chi connectivity index (χ2v) is 7.36. The van der Waals surface area contributed by atoms with Gasteiger partial charge in [-0.1, -0.05) is 12.1 Å². The first-order valence-corrected chi connectivity index (χ1v) is 8.85. The van der Waals surface area contributed by atoms with Crippen molar-refractivity contribution in [3.8, 4) is 0 Å². The van der Waals surface area contributed by atoms with E-state index in [4.69, 9.17) is 4.74 Å². The van der Waals surface area contributed by atoms with Gasteiger partial charge in [0.25, 0.3) is 0 Å². The van der Waals surface area contributed by atoms with Gasteiger partial charge in [0, 0.05) is 30.5 Å². The first kappa shape index (κ1) is 15.8. The zero-order valence-corrected chi connectivity index (χ0v) is 14.4. The van der Waals surface area contributed by atoms with Crippen LogP contribution in [0.1, 0.15) is 31.7 Å². The molecule has 2 aliphatic heterocycles. The van der Waals surface area contributed by atoms with Crippen molar-refractivity contribution in [2.75, 3.05) is 24.7 Å². The lowest BCUT2D eigenvalue weighted by molar-refractivity contribution is -0.108. The van der Waals surface area contributed by atoms with Crippen molar-refractivity contribution in [2.45, 2.75) is 44.8 Å². The molecule has 2 saturated heterocycles. The molecule has 1 aromatic carbocycles. The van der Waals surface area contributed by atoms with Gasteiger partial charge in [0.15, 0.2) is 0 Å². The predicted molar refractivity (Wildman–Crippen MR) is 94.2 cm³/mol. The molecule has 0 spiro atoms. The molecule has 1 N–H and O–H groups in total. The van der Waals surface area contributed by atoms with E-state index in [1.54, 1.807) is 6.33 Å². The Morgan fingerprint density at radius 2 is 2.21 bits per heavy atom. The number of aryl methyl sites for hydroxylation is 1. The van der Waals surface area contributed by atoms with Gasteiger partial charge in [-0.3, -0.25) is 0 Å². The summed E-state index contributed by atoms with van der Waals surface area (Å²) in [6, 6.07) is 6.45. The molecule has 1 aromatic heterocycles. The van der Waals surface area contributed by atoms with Crippen LogP contribution in [0.5, 0.6) is 0 Å². The molecule has 3 atom stereocenters. The maximum Gasteiger partial charge on any atom is 0.140 e. The Morgan fingerprint density at radius 1 is 1.33 bits per heavy atom. The van der Waals surface area contributed by atoms with Crippen LogP contribution in [0, 0.1) is 12.8 Å². The standard InChI is InChI=1S/C19H25N3O2/c1-13-5-3-6-15-17(13)18(21-12-20-15)22-9-4-7-16(22)14-11-24-10-8-19(14,2)23/h3,5-6,12,14,16,23H,4,7-11H2,1-2H3/t14-,16+,19-/m0/s1. The summed E-state index contributed by atoms with van der Waals surface area (Å²) in [5.74, 6) is 1.12. The topological polar surface area (TPSA) is 58.5 Å². The van der Waals surface area contributed by atoms with Crippen molar-refractivity contribution in [1.82, 2.24) is 9.97 Å². The molecule has 24 heavy (non-hydrogen) atoms. The molecule has 3 heterocycles. The van der Waals surface area contributed by atoms with Crippen LogP contribution < -0.4 is 4.90 Å². The number of aromatic nitrogens is 2. The number of fused-ring (bicyclic) bond motifs is 1. The van der Waals surface area contributed by atoms with Crippen LogP contribution in [0.3, 0.4) is 0 Å². The number of aliphatic hydroxyl groups is 1. The second kappa shape index (κ2) is 5.97. The Hall–Kier alpha value is -1.72. The van der Waals surface area contributed by atoms with E-state index < -0.39 is 5.60 Å². The number of rotatable bonds is 2. The molecule has 0 radical (unpaired) electrons. The highest BCUT2D eigenvalue weighted by atomic mass is 16.5. The maximum atomic E-state index is 10.9. The molecule has 0 bridgehead atoms. The summed E-state index contributed by atoms with van der Waals surface area (Å²) in [4.78, 5) is 11.4.